The molecule has 7 nitrogen and oxygen atoms in total. The van der Waals surface area contributed by atoms with E-state index in [2.05, 4.69) is 32.1 Å². The number of hydrogen-bond donors (Lipinski definition) is 3. The van der Waals surface area contributed by atoms with Crippen LogP contribution >= 0.6 is 0 Å². The number of benzene rings is 1. The molecular formula is C29H34FN7. The van der Waals surface area contributed by atoms with Gasteiger partial charge in [0, 0.05) is 55.3 Å². The molecule has 0 bridgehead atoms. The van der Waals surface area contributed by atoms with Gasteiger partial charge >= 0.3 is 0 Å². The Morgan fingerprint density at radius 2 is 2.00 bits per heavy atom. The van der Waals surface area contributed by atoms with Crippen molar-refractivity contribution in [3.63, 3.8) is 0 Å². The number of nitrogens with zero attached hydrogens (tertiary/aromatic N) is 4. The van der Waals surface area contributed by atoms with E-state index in [4.69, 9.17) is 10.7 Å². The number of rotatable bonds is 7. The topological polar surface area (TPSA) is 91.5 Å². The highest BCUT2D eigenvalue weighted by Crippen LogP contribution is 2.39. The van der Waals surface area contributed by atoms with E-state index in [-0.39, 0.29) is 11.9 Å². The molecule has 0 spiro atoms. The van der Waals surface area contributed by atoms with E-state index in [0.717, 1.165) is 56.0 Å². The molecular weight excluding hydrogens is 465 g/mol. The molecule has 1 saturated carbocycles. The largest absolute Gasteiger partial charge is 0.397 e. The zero-order valence-corrected chi connectivity index (χ0v) is 21.3. The second kappa shape index (κ2) is 11.1. The summed E-state index contributed by atoms with van der Waals surface area (Å²) in [5.41, 5.74) is 11.4. The van der Waals surface area contributed by atoms with Crippen molar-refractivity contribution in [3.8, 4) is 0 Å². The number of halogens is 1. The standard InChI is InChI=1S/C29H34FN7/c1-19(22-10-11-34-27(16-22)35-20(2)23-8-3-4-9-25(23)30)36-29(37-14-12-32-13-15-37)28-24(21-6-5-7-21)17-33-18-26(28)31/h3-4,8-11,16-18,20-21,32H,1,5-7,12-15,31H2,2H3,(H,34,35)/t20-/m1/s1. The molecule has 1 aliphatic carbocycles. The van der Waals surface area contributed by atoms with Gasteiger partial charge < -0.3 is 21.3 Å². The van der Waals surface area contributed by atoms with E-state index in [1.54, 1.807) is 24.5 Å². The molecule has 3 heterocycles. The Morgan fingerprint density at radius 3 is 2.73 bits per heavy atom. The summed E-state index contributed by atoms with van der Waals surface area (Å²) in [5, 5.41) is 6.72. The number of nitrogens with one attached hydrogen (secondary N) is 2. The molecule has 37 heavy (non-hydrogen) atoms. The van der Waals surface area contributed by atoms with Crippen LogP contribution in [0.5, 0.6) is 0 Å². The van der Waals surface area contributed by atoms with Gasteiger partial charge in [-0.2, -0.15) is 0 Å². The monoisotopic (exact) mass is 499 g/mol. The van der Waals surface area contributed by atoms with Gasteiger partial charge in [-0.25, -0.2) is 14.4 Å². The summed E-state index contributed by atoms with van der Waals surface area (Å²) in [7, 11) is 0. The van der Waals surface area contributed by atoms with Crippen molar-refractivity contribution in [2.75, 3.05) is 37.2 Å². The molecule has 3 aromatic rings. The maximum atomic E-state index is 14.3. The molecule has 2 aliphatic rings. The lowest BCUT2D eigenvalue weighted by molar-refractivity contribution is 0.357. The van der Waals surface area contributed by atoms with Crippen LogP contribution in [0.15, 0.2) is 66.6 Å². The summed E-state index contributed by atoms with van der Waals surface area (Å²) in [4.78, 5) is 16.2. The molecule has 4 N–H and O–H groups in total. The minimum Gasteiger partial charge on any atom is -0.397 e. The van der Waals surface area contributed by atoms with Crippen molar-refractivity contribution >= 4 is 23.0 Å². The Bertz CT molecular complexity index is 1290. The van der Waals surface area contributed by atoms with Crippen LogP contribution in [0.4, 0.5) is 15.9 Å². The van der Waals surface area contributed by atoms with E-state index in [1.165, 1.54) is 18.1 Å². The number of amidine groups is 1. The second-order valence-corrected chi connectivity index (χ2v) is 9.76. The molecule has 0 radical (unpaired) electrons. The van der Waals surface area contributed by atoms with Crippen LogP contribution in [0.1, 0.15) is 60.4 Å². The quantitative estimate of drug-likeness (QED) is 0.314. The van der Waals surface area contributed by atoms with Crippen molar-refractivity contribution in [2.24, 2.45) is 4.99 Å². The first-order valence-electron chi connectivity index (χ1n) is 13.0. The average Bonchev–Trinajstić information content (AvgIpc) is 2.88. The molecule has 2 aromatic heterocycles. The highest BCUT2D eigenvalue weighted by Gasteiger charge is 2.28. The number of anilines is 2. The Labute approximate surface area is 217 Å². The van der Waals surface area contributed by atoms with Crippen LogP contribution in [-0.2, 0) is 0 Å². The van der Waals surface area contributed by atoms with Gasteiger partial charge in [-0.1, -0.05) is 31.2 Å². The van der Waals surface area contributed by atoms with E-state index in [1.807, 2.05) is 31.3 Å². The molecule has 192 valence electrons. The van der Waals surface area contributed by atoms with Gasteiger partial charge in [0.1, 0.15) is 17.5 Å². The normalized spacial score (nSPS) is 17.2. The van der Waals surface area contributed by atoms with Gasteiger partial charge in [0.2, 0.25) is 0 Å². The van der Waals surface area contributed by atoms with Crippen LogP contribution in [-0.4, -0.2) is 46.9 Å². The van der Waals surface area contributed by atoms with Crippen LogP contribution in [0.2, 0.25) is 0 Å². The van der Waals surface area contributed by atoms with E-state index in [9.17, 15) is 4.39 Å². The first-order chi connectivity index (χ1) is 18.0. The van der Waals surface area contributed by atoms with E-state index < -0.39 is 0 Å². The zero-order valence-electron chi connectivity index (χ0n) is 21.3. The molecule has 1 atom stereocenters. The number of aliphatic imine (C=N–C) groups is 1. The third-order valence-corrected chi connectivity index (χ3v) is 7.26. The van der Waals surface area contributed by atoms with Crippen molar-refractivity contribution in [3.05, 3.63) is 89.6 Å². The SMILES string of the molecule is C=C(N=C(c1c(N)cncc1C1CCC1)N1CCNCC1)c1ccnc(N[C@H](C)c2ccccc2F)c1. The number of piperazine rings is 1. The highest BCUT2D eigenvalue weighted by molar-refractivity contribution is 6.06. The molecule has 2 fully saturated rings. The third kappa shape index (κ3) is 5.49. The fourth-order valence-electron chi connectivity index (χ4n) is 4.95. The predicted molar refractivity (Wildman–Crippen MR) is 148 cm³/mol. The van der Waals surface area contributed by atoms with Crippen molar-refractivity contribution in [2.45, 2.75) is 38.1 Å². The van der Waals surface area contributed by atoms with Crippen molar-refractivity contribution < 1.29 is 4.39 Å². The zero-order chi connectivity index (χ0) is 25.8. The summed E-state index contributed by atoms with van der Waals surface area (Å²) >= 11 is 0. The molecule has 8 heteroatoms. The predicted octanol–water partition coefficient (Wildman–Crippen LogP) is 4.96. The smallest absolute Gasteiger partial charge is 0.139 e. The summed E-state index contributed by atoms with van der Waals surface area (Å²) in [6.45, 7) is 9.66. The second-order valence-electron chi connectivity index (χ2n) is 9.76. The minimum absolute atomic E-state index is 0.245. The lowest BCUT2D eigenvalue weighted by atomic mass is 9.78. The van der Waals surface area contributed by atoms with E-state index in [0.29, 0.717) is 28.7 Å². The van der Waals surface area contributed by atoms with Crippen LogP contribution in [0, 0.1) is 5.82 Å². The van der Waals surface area contributed by atoms with Gasteiger partial charge in [0.15, 0.2) is 0 Å². The number of aromatic nitrogens is 2. The number of nitrogen functional groups attached to an aromatic ring is 1. The summed E-state index contributed by atoms with van der Waals surface area (Å²) in [5.74, 6) is 1.70. The van der Waals surface area contributed by atoms with Crippen molar-refractivity contribution in [1.29, 1.82) is 0 Å². The number of nitrogens with two attached hydrogens (primary N) is 1. The van der Waals surface area contributed by atoms with Crippen LogP contribution in [0.25, 0.3) is 5.70 Å². The fourth-order valence-corrected chi connectivity index (χ4v) is 4.95. The average molecular weight is 500 g/mol. The summed E-state index contributed by atoms with van der Waals surface area (Å²) in [6.07, 6.45) is 8.91. The lowest BCUT2D eigenvalue weighted by Gasteiger charge is -2.34. The number of hydrogen-bond acceptors (Lipinski definition) is 6. The molecule has 1 aromatic carbocycles. The first-order valence-corrected chi connectivity index (χ1v) is 13.0. The summed E-state index contributed by atoms with van der Waals surface area (Å²) < 4.78 is 14.3. The number of pyridine rings is 2. The molecule has 0 unspecified atom stereocenters. The van der Waals surface area contributed by atoms with Gasteiger partial charge in [-0.3, -0.25) is 4.98 Å². The minimum atomic E-state index is -0.251. The Balaban J connectivity index is 1.47. The molecule has 0 amide bonds. The molecule has 1 saturated heterocycles. The lowest BCUT2D eigenvalue weighted by Crippen LogP contribution is -2.47. The summed E-state index contributed by atoms with van der Waals surface area (Å²) in [6, 6.07) is 10.3. The van der Waals surface area contributed by atoms with Crippen LogP contribution < -0.4 is 16.4 Å². The Morgan fingerprint density at radius 1 is 1.22 bits per heavy atom. The fraction of sp³-hybridized carbons (Fsp3) is 0.345. The first kappa shape index (κ1) is 24.9. The highest BCUT2D eigenvalue weighted by atomic mass is 19.1. The van der Waals surface area contributed by atoms with Gasteiger partial charge in [0.25, 0.3) is 0 Å². The third-order valence-electron chi connectivity index (χ3n) is 7.26. The van der Waals surface area contributed by atoms with Gasteiger partial charge in [-0.15, -0.1) is 0 Å². The Hall–Kier alpha value is -3.78. The van der Waals surface area contributed by atoms with E-state index >= 15 is 0 Å². The van der Waals surface area contributed by atoms with Gasteiger partial charge in [0.05, 0.1) is 23.6 Å². The maximum Gasteiger partial charge on any atom is 0.139 e. The molecule has 1 aliphatic heterocycles. The van der Waals surface area contributed by atoms with Crippen LogP contribution in [0.3, 0.4) is 0 Å². The maximum absolute atomic E-state index is 14.3. The van der Waals surface area contributed by atoms with Crippen molar-refractivity contribution in [1.82, 2.24) is 20.2 Å². The van der Waals surface area contributed by atoms with Gasteiger partial charge in [-0.05, 0) is 49.4 Å². The molecule has 5 rings (SSSR count). The Kier molecular flexibility index (Phi) is 7.46.